The van der Waals surface area contributed by atoms with Crippen molar-refractivity contribution in [3.05, 3.63) is 84.1 Å². The number of amides is 1. The van der Waals surface area contributed by atoms with Crippen molar-refractivity contribution in [2.45, 2.75) is 6.92 Å². The molecular weight excluding hydrogens is 386 g/mol. The van der Waals surface area contributed by atoms with E-state index in [4.69, 9.17) is 0 Å². The van der Waals surface area contributed by atoms with E-state index in [1.165, 1.54) is 5.56 Å². The number of aryl methyl sites for hydroxylation is 1. The summed E-state index contributed by atoms with van der Waals surface area (Å²) in [6, 6.07) is 23.9. The molecule has 2 aromatic heterocycles. The maximum absolute atomic E-state index is 12.9. The van der Waals surface area contributed by atoms with Crippen molar-refractivity contribution < 1.29 is 4.79 Å². The fraction of sp³-hybridized carbons (Fsp3) is 0.200. The number of benzene rings is 2. The van der Waals surface area contributed by atoms with Crippen LogP contribution >= 0.6 is 0 Å². The standard InChI is InChI=1S/C25H23N5O/c1-18-6-8-20(9-7-18)22-12-13-24(28-27-22)29-14-16-30(17-15-29)25(31)23-11-10-19-4-2-3-5-21(19)26-23/h2-13H,14-17H2,1H3. The van der Waals surface area contributed by atoms with Gasteiger partial charge < -0.3 is 9.80 Å². The van der Waals surface area contributed by atoms with Crippen LogP contribution in [0.15, 0.2) is 72.8 Å². The molecule has 6 nitrogen and oxygen atoms in total. The summed E-state index contributed by atoms with van der Waals surface area (Å²) in [6.07, 6.45) is 0. The highest BCUT2D eigenvalue weighted by Gasteiger charge is 2.24. The molecule has 1 saturated heterocycles. The lowest BCUT2D eigenvalue weighted by molar-refractivity contribution is 0.0741. The summed E-state index contributed by atoms with van der Waals surface area (Å²) in [4.78, 5) is 21.5. The molecule has 31 heavy (non-hydrogen) atoms. The Kier molecular flexibility index (Phi) is 5.04. The van der Waals surface area contributed by atoms with E-state index < -0.39 is 0 Å². The number of piperazine rings is 1. The van der Waals surface area contributed by atoms with Crippen molar-refractivity contribution in [2.75, 3.05) is 31.1 Å². The third kappa shape index (κ3) is 3.97. The summed E-state index contributed by atoms with van der Waals surface area (Å²) in [7, 11) is 0. The van der Waals surface area contributed by atoms with Crippen LogP contribution in [-0.4, -0.2) is 52.2 Å². The molecule has 1 amide bonds. The Hall–Kier alpha value is -3.80. The van der Waals surface area contributed by atoms with Gasteiger partial charge in [-0.05, 0) is 31.2 Å². The summed E-state index contributed by atoms with van der Waals surface area (Å²) in [5, 5.41) is 9.86. The van der Waals surface area contributed by atoms with Crippen molar-refractivity contribution in [1.82, 2.24) is 20.1 Å². The molecule has 0 atom stereocenters. The van der Waals surface area contributed by atoms with E-state index >= 15 is 0 Å². The van der Waals surface area contributed by atoms with Crippen molar-refractivity contribution in [2.24, 2.45) is 0 Å². The SMILES string of the molecule is Cc1ccc(-c2ccc(N3CCN(C(=O)c4ccc5ccccc5n4)CC3)nn2)cc1. The number of rotatable bonds is 3. The molecule has 5 rings (SSSR count). The van der Waals surface area contributed by atoms with Crippen LogP contribution in [0.3, 0.4) is 0 Å². The molecule has 1 fully saturated rings. The van der Waals surface area contributed by atoms with Crippen LogP contribution in [-0.2, 0) is 0 Å². The quantitative estimate of drug-likeness (QED) is 0.513. The number of aromatic nitrogens is 3. The van der Waals surface area contributed by atoms with Crippen molar-refractivity contribution >= 4 is 22.6 Å². The smallest absolute Gasteiger partial charge is 0.272 e. The molecule has 4 aromatic rings. The zero-order chi connectivity index (χ0) is 21.2. The van der Waals surface area contributed by atoms with E-state index in [0.717, 1.165) is 41.1 Å². The van der Waals surface area contributed by atoms with Gasteiger partial charge in [0.05, 0.1) is 11.2 Å². The normalized spacial score (nSPS) is 14.1. The Morgan fingerprint density at radius 1 is 0.806 bits per heavy atom. The Morgan fingerprint density at radius 3 is 2.32 bits per heavy atom. The minimum atomic E-state index is -0.0220. The van der Waals surface area contributed by atoms with Gasteiger partial charge in [-0.25, -0.2) is 4.98 Å². The van der Waals surface area contributed by atoms with Crippen LogP contribution in [0.1, 0.15) is 16.1 Å². The number of hydrogen-bond donors (Lipinski definition) is 0. The number of nitrogens with zero attached hydrogens (tertiary/aromatic N) is 5. The van der Waals surface area contributed by atoms with E-state index in [9.17, 15) is 4.79 Å². The summed E-state index contributed by atoms with van der Waals surface area (Å²) >= 11 is 0. The molecule has 1 aliphatic heterocycles. The fourth-order valence-corrected chi connectivity index (χ4v) is 3.86. The lowest BCUT2D eigenvalue weighted by atomic mass is 10.1. The molecule has 0 unspecified atom stereocenters. The van der Waals surface area contributed by atoms with Crippen LogP contribution < -0.4 is 4.90 Å². The van der Waals surface area contributed by atoms with Crippen LogP contribution in [0.4, 0.5) is 5.82 Å². The second kappa shape index (κ2) is 8.14. The first-order chi connectivity index (χ1) is 15.2. The number of carbonyl (C=O) groups excluding carboxylic acids is 1. The van der Waals surface area contributed by atoms with Gasteiger partial charge in [0, 0.05) is 37.1 Å². The highest BCUT2D eigenvalue weighted by atomic mass is 16.2. The topological polar surface area (TPSA) is 62.2 Å². The molecule has 0 radical (unpaired) electrons. The first-order valence-corrected chi connectivity index (χ1v) is 10.5. The van der Waals surface area contributed by atoms with Gasteiger partial charge in [0.15, 0.2) is 5.82 Å². The van der Waals surface area contributed by atoms with Gasteiger partial charge in [-0.1, -0.05) is 54.1 Å². The maximum Gasteiger partial charge on any atom is 0.272 e. The highest BCUT2D eigenvalue weighted by molar-refractivity contribution is 5.95. The maximum atomic E-state index is 12.9. The van der Waals surface area contributed by atoms with Crippen LogP contribution in [0.5, 0.6) is 0 Å². The third-order valence-electron chi connectivity index (χ3n) is 5.71. The van der Waals surface area contributed by atoms with Gasteiger partial charge in [-0.15, -0.1) is 10.2 Å². The van der Waals surface area contributed by atoms with E-state index in [1.807, 2.05) is 53.4 Å². The fourth-order valence-electron chi connectivity index (χ4n) is 3.86. The second-order valence-electron chi connectivity index (χ2n) is 7.81. The average Bonchev–Trinajstić information content (AvgIpc) is 2.84. The van der Waals surface area contributed by atoms with E-state index in [0.29, 0.717) is 18.8 Å². The van der Waals surface area contributed by atoms with Gasteiger partial charge in [-0.2, -0.15) is 0 Å². The zero-order valence-electron chi connectivity index (χ0n) is 17.4. The zero-order valence-corrected chi connectivity index (χ0v) is 17.4. The Balaban J connectivity index is 1.24. The number of pyridine rings is 1. The van der Waals surface area contributed by atoms with E-state index in [2.05, 4.69) is 51.3 Å². The second-order valence-corrected chi connectivity index (χ2v) is 7.81. The predicted octanol–water partition coefficient (Wildman–Crippen LogP) is 3.96. The van der Waals surface area contributed by atoms with Crippen molar-refractivity contribution in [1.29, 1.82) is 0 Å². The number of fused-ring (bicyclic) bond motifs is 1. The molecule has 2 aromatic carbocycles. The van der Waals surface area contributed by atoms with Gasteiger partial charge in [0.1, 0.15) is 5.69 Å². The number of para-hydroxylation sites is 1. The van der Waals surface area contributed by atoms with Crippen molar-refractivity contribution in [3.63, 3.8) is 0 Å². The monoisotopic (exact) mass is 409 g/mol. The first-order valence-electron chi connectivity index (χ1n) is 10.5. The summed E-state index contributed by atoms with van der Waals surface area (Å²) in [5.41, 5.74) is 4.48. The van der Waals surface area contributed by atoms with Crippen LogP contribution in [0, 0.1) is 6.92 Å². The van der Waals surface area contributed by atoms with Gasteiger partial charge in [-0.3, -0.25) is 4.79 Å². The van der Waals surface area contributed by atoms with Crippen LogP contribution in [0.2, 0.25) is 0 Å². The Labute approximate surface area is 181 Å². The minimum Gasteiger partial charge on any atom is -0.352 e. The third-order valence-corrected chi connectivity index (χ3v) is 5.71. The predicted molar refractivity (Wildman–Crippen MR) is 122 cm³/mol. The molecule has 0 bridgehead atoms. The molecular formula is C25H23N5O. The van der Waals surface area contributed by atoms with Gasteiger partial charge in [0.2, 0.25) is 0 Å². The molecule has 0 aliphatic carbocycles. The molecule has 1 aliphatic rings. The highest BCUT2D eigenvalue weighted by Crippen LogP contribution is 2.20. The molecule has 6 heteroatoms. The van der Waals surface area contributed by atoms with E-state index in [-0.39, 0.29) is 5.91 Å². The Bertz CT molecular complexity index is 1210. The molecule has 154 valence electrons. The van der Waals surface area contributed by atoms with Gasteiger partial charge in [0.25, 0.3) is 5.91 Å². The molecule has 0 N–H and O–H groups in total. The average molecular weight is 409 g/mol. The van der Waals surface area contributed by atoms with Gasteiger partial charge >= 0.3 is 0 Å². The largest absolute Gasteiger partial charge is 0.352 e. The lowest BCUT2D eigenvalue weighted by Crippen LogP contribution is -2.49. The summed E-state index contributed by atoms with van der Waals surface area (Å²) in [6.45, 7) is 4.78. The number of anilines is 1. The number of hydrogen-bond acceptors (Lipinski definition) is 5. The Morgan fingerprint density at radius 2 is 1.58 bits per heavy atom. The molecule has 0 spiro atoms. The number of carbonyl (C=O) groups is 1. The lowest BCUT2D eigenvalue weighted by Gasteiger charge is -2.35. The summed E-state index contributed by atoms with van der Waals surface area (Å²) < 4.78 is 0. The minimum absolute atomic E-state index is 0.0220. The molecule has 3 heterocycles. The van der Waals surface area contributed by atoms with Crippen LogP contribution in [0.25, 0.3) is 22.2 Å². The summed E-state index contributed by atoms with van der Waals surface area (Å²) in [5.74, 6) is 0.818. The van der Waals surface area contributed by atoms with Crippen molar-refractivity contribution in [3.8, 4) is 11.3 Å². The van der Waals surface area contributed by atoms with E-state index in [1.54, 1.807) is 0 Å². The molecule has 0 saturated carbocycles. The first kappa shape index (κ1) is 19.2.